The van der Waals surface area contributed by atoms with Crippen LogP contribution in [0.4, 0.5) is 0 Å². The van der Waals surface area contributed by atoms with Crippen LogP contribution in [0.3, 0.4) is 0 Å². The third-order valence-corrected chi connectivity index (χ3v) is 4.04. The molecule has 94 valence electrons. The first-order chi connectivity index (χ1) is 8.52. The van der Waals surface area contributed by atoms with Crippen LogP contribution in [0.1, 0.15) is 9.67 Å². The standard InChI is InChI=1S/C12H8Cl2O3S/c1-17-9-5-7(13)6(4-8(9)14)10-2-3-11(18-10)12(15)16/h2-5H,1H3,(H,15,16). The van der Waals surface area contributed by atoms with Crippen molar-refractivity contribution in [3.63, 3.8) is 0 Å². The minimum atomic E-state index is -0.956. The van der Waals surface area contributed by atoms with E-state index in [2.05, 4.69) is 0 Å². The predicted octanol–water partition coefficient (Wildman–Crippen LogP) is 4.43. The molecule has 0 saturated carbocycles. The van der Waals surface area contributed by atoms with Gasteiger partial charge in [0.05, 0.1) is 17.2 Å². The van der Waals surface area contributed by atoms with E-state index in [1.165, 1.54) is 13.2 Å². The van der Waals surface area contributed by atoms with Crippen LogP contribution in [0.15, 0.2) is 24.3 Å². The fourth-order valence-electron chi connectivity index (χ4n) is 1.47. The summed E-state index contributed by atoms with van der Waals surface area (Å²) in [4.78, 5) is 11.8. The van der Waals surface area contributed by atoms with Crippen molar-refractivity contribution in [2.75, 3.05) is 7.11 Å². The Hall–Kier alpha value is -1.23. The summed E-state index contributed by atoms with van der Waals surface area (Å²) >= 11 is 13.3. The molecular formula is C12H8Cl2O3S. The van der Waals surface area contributed by atoms with Gasteiger partial charge >= 0.3 is 5.97 Å². The Morgan fingerprint density at radius 2 is 2.00 bits per heavy atom. The molecule has 3 nitrogen and oxygen atoms in total. The van der Waals surface area contributed by atoms with Gasteiger partial charge in [-0.25, -0.2) is 4.79 Å². The Bertz CT molecular complexity index is 607. The summed E-state index contributed by atoms with van der Waals surface area (Å²) in [6.07, 6.45) is 0. The molecule has 18 heavy (non-hydrogen) atoms. The number of carboxylic acids is 1. The largest absolute Gasteiger partial charge is 0.495 e. The first-order valence-electron chi connectivity index (χ1n) is 4.89. The highest BCUT2D eigenvalue weighted by atomic mass is 35.5. The number of hydrogen-bond acceptors (Lipinski definition) is 3. The minimum absolute atomic E-state index is 0.257. The summed E-state index contributed by atoms with van der Waals surface area (Å²) in [6.45, 7) is 0. The summed E-state index contributed by atoms with van der Waals surface area (Å²) in [5.74, 6) is -0.470. The molecule has 0 aliphatic heterocycles. The van der Waals surface area contributed by atoms with Crippen LogP contribution in [0.25, 0.3) is 10.4 Å². The summed E-state index contributed by atoms with van der Waals surface area (Å²) in [6, 6.07) is 6.52. The zero-order valence-corrected chi connectivity index (χ0v) is 11.6. The van der Waals surface area contributed by atoms with Gasteiger partial charge in [0, 0.05) is 16.5 Å². The number of thiophene rings is 1. The maximum atomic E-state index is 10.8. The van der Waals surface area contributed by atoms with Gasteiger partial charge in [0.25, 0.3) is 0 Å². The lowest BCUT2D eigenvalue weighted by Gasteiger charge is -2.07. The van der Waals surface area contributed by atoms with Crippen LogP contribution < -0.4 is 4.74 Å². The molecule has 2 aromatic rings. The molecule has 0 fully saturated rings. The number of aromatic carboxylic acids is 1. The maximum absolute atomic E-state index is 10.8. The molecule has 0 aliphatic rings. The van der Waals surface area contributed by atoms with Gasteiger partial charge in [-0.2, -0.15) is 0 Å². The fraction of sp³-hybridized carbons (Fsp3) is 0.0833. The van der Waals surface area contributed by atoms with Crippen LogP contribution in [-0.2, 0) is 0 Å². The van der Waals surface area contributed by atoms with Crippen LogP contribution in [0, 0.1) is 0 Å². The van der Waals surface area contributed by atoms with E-state index in [0.717, 1.165) is 16.2 Å². The molecule has 0 atom stereocenters. The number of halogens is 2. The van der Waals surface area contributed by atoms with E-state index in [9.17, 15) is 4.79 Å². The number of hydrogen-bond donors (Lipinski definition) is 1. The topological polar surface area (TPSA) is 46.5 Å². The van der Waals surface area contributed by atoms with E-state index in [4.69, 9.17) is 33.0 Å². The van der Waals surface area contributed by atoms with E-state index >= 15 is 0 Å². The van der Waals surface area contributed by atoms with Crippen molar-refractivity contribution in [1.82, 2.24) is 0 Å². The molecule has 0 spiro atoms. The van der Waals surface area contributed by atoms with Gasteiger partial charge in [-0.05, 0) is 18.2 Å². The summed E-state index contributed by atoms with van der Waals surface area (Å²) in [7, 11) is 1.50. The molecule has 1 N–H and O–H groups in total. The van der Waals surface area contributed by atoms with E-state index in [-0.39, 0.29) is 4.88 Å². The Kier molecular flexibility index (Phi) is 3.80. The second kappa shape index (κ2) is 5.18. The molecule has 0 radical (unpaired) electrons. The van der Waals surface area contributed by atoms with Gasteiger partial charge in [0.2, 0.25) is 0 Å². The molecule has 6 heteroatoms. The number of carbonyl (C=O) groups is 1. The fourth-order valence-corrected chi connectivity index (χ4v) is 2.90. The molecular weight excluding hydrogens is 295 g/mol. The van der Waals surface area contributed by atoms with Crippen molar-refractivity contribution in [1.29, 1.82) is 0 Å². The number of methoxy groups -OCH3 is 1. The van der Waals surface area contributed by atoms with Gasteiger partial charge in [-0.1, -0.05) is 23.2 Å². The quantitative estimate of drug-likeness (QED) is 0.912. The Labute approximate surface area is 118 Å². The maximum Gasteiger partial charge on any atom is 0.345 e. The molecule has 2 rings (SSSR count). The first-order valence-corrected chi connectivity index (χ1v) is 6.46. The highest BCUT2D eigenvalue weighted by Gasteiger charge is 2.13. The molecule has 0 aliphatic carbocycles. The molecule has 0 amide bonds. The lowest BCUT2D eigenvalue weighted by atomic mass is 10.2. The summed E-state index contributed by atoms with van der Waals surface area (Å²) in [5.41, 5.74) is 0.694. The smallest absolute Gasteiger partial charge is 0.345 e. The van der Waals surface area contributed by atoms with Crippen molar-refractivity contribution in [2.24, 2.45) is 0 Å². The lowest BCUT2D eigenvalue weighted by molar-refractivity contribution is 0.0702. The van der Waals surface area contributed by atoms with Crippen LogP contribution >= 0.6 is 34.5 Å². The Morgan fingerprint density at radius 3 is 2.56 bits per heavy atom. The normalized spacial score (nSPS) is 10.4. The van der Waals surface area contributed by atoms with Gasteiger partial charge in [0.15, 0.2) is 0 Å². The minimum Gasteiger partial charge on any atom is -0.495 e. The number of carboxylic acid groups (broad SMARTS) is 1. The molecule has 1 aromatic heterocycles. The number of ether oxygens (including phenoxy) is 1. The van der Waals surface area contributed by atoms with Gasteiger partial charge < -0.3 is 9.84 Å². The van der Waals surface area contributed by atoms with E-state index in [1.54, 1.807) is 18.2 Å². The summed E-state index contributed by atoms with van der Waals surface area (Å²) in [5, 5.41) is 9.78. The first kappa shape index (κ1) is 13.2. The zero-order chi connectivity index (χ0) is 13.3. The van der Waals surface area contributed by atoms with Crippen LogP contribution in [0.5, 0.6) is 5.75 Å². The Morgan fingerprint density at radius 1 is 1.28 bits per heavy atom. The average molecular weight is 303 g/mol. The van der Waals surface area contributed by atoms with E-state index in [1.807, 2.05) is 0 Å². The highest BCUT2D eigenvalue weighted by Crippen LogP contribution is 2.39. The zero-order valence-electron chi connectivity index (χ0n) is 9.24. The molecule has 1 heterocycles. The van der Waals surface area contributed by atoms with Crippen molar-refractivity contribution in [2.45, 2.75) is 0 Å². The Balaban J connectivity index is 2.50. The SMILES string of the molecule is COc1cc(Cl)c(-c2ccc(C(=O)O)s2)cc1Cl. The predicted molar refractivity (Wildman–Crippen MR) is 73.3 cm³/mol. The lowest BCUT2D eigenvalue weighted by Crippen LogP contribution is -1.89. The van der Waals surface area contributed by atoms with Gasteiger partial charge in [-0.15, -0.1) is 11.3 Å². The highest BCUT2D eigenvalue weighted by molar-refractivity contribution is 7.17. The van der Waals surface area contributed by atoms with E-state index in [0.29, 0.717) is 21.4 Å². The molecule has 0 unspecified atom stereocenters. The third-order valence-electron chi connectivity index (χ3n) is 2.32. The molecule has 0 saturated heterocycles. The monoisotopic (exact) mass is 302 g/mol. The van der Waals surface area contributed by atoms with Crippen LogP contribution in [0.2, 0.25) is 10.0 Å². The summed E-state index contributed by atoms with van der Waals surface area (Å²) < 4.78 is 5.05. The number of rotatable bonds is 3. The van der Waals surface area contributed by atoms with Crippen LogP contribution in [-0.4, -0.2) is 18.2 Å². The molecule has 1 aromatic carbocycles. The van der Waals surface area contributed by atoms with Crippen molar-refractivity contribution >= 4 is 40.5 Å². The number of benzene rings is 1. The van der Waals surface area contributed by atoms with Crippen molar-refractivity contribution in [3.05, 3.63) is 39.2 Å². The average Bonchev–Trinajstić information content (AvgIpc) is 2.81. The van der Waals surface area contributed by atoms with Crippen molar-refractivity contribution < 1.29 is 14.6 Å². The van der Waals surface area contributed by atoms with E-state index < -0.39 is 5.97 Å². The second-order valence-electron chi connectivity index (χ2n) is 3.44. The molecule has 0 bridgehead atoms. The third kappa shape index (κ3) is 2.46. The van der Waals surface area contributed by atoms with Crippen molar-refractivity contribution in [3.8, 4) is 16.2 Å². The second-order valence-corrected chi connectivity index (χ2v) is 5.33. The van der Waals surface area contributed by atoms with Gasteiger partial charge in [0.1, 0.15) is 10.6 Å². The van der Waals surface area contributed by atoms with Gasteiger partial charge in [-0.3, -0.25) is 0 Å².